The number of carbonyl (C=O) groups is 2. The highest BCUT2D eigenvalue weighted by Gasteiger charge is 2.05. The van der Waals surface area contributed by atoms with E-state index in [4.69, 9.17) is 5.11 Å². The van der Waals surface area contributed by atoms with Crippen molar-refractivity contribution in [2.45, 2.75) is 12.8 Å². The zero-order valence-corrected chi connectivity index (χ0v) is 6.13. The summed E-state index contributed by atoms with van der Waals surface area (Å²) < 4.78 is 22.9. The minimum absolute atomic E-state index is 0.434. The van der Waals surface area contributed by atoms with E-state index >= 15 is 0 Å². The van der Waals surface area contributed by atoms with Gasteiger partial charge in [0.25, 0.3) is 0 Å². The number of rotatable bonds is 4. The molecule has 0 radical (unpaired) electrons. The fraction of sp³-hybridized carbons (Fsp3) is 0.500. The molecule has 1 atom stereocenters. The summed E-state index contributed by atoms with van der Waals surface area (Å²) in [6, 6.07) is 0. The maximum atomic E-state index is 10.3. The molecule has 0 aromatic rings. The maximum Gasteiger partial charge on any atom is 0.319 e. The van der Waals surface area contributed by atoms with E-state index in [1.807, 2.05) is 0 Å². The molecule has 11 heavy (non-hydrogen) atoms. The second kappa shape index (κ2) is 4.80. The molecule has 0 rings (SSSR count). The van der Waals surface area contributed by atoms with E-state index in [-0.39, 0.29) is 0 Å². The van der Waals surface area contributed by atoms with Crippen LogP contribution in [0.5, 0.6) is 0 Å². The topological polar surface area (TPSA) is 104 Å². The lowest BCUT2D eigenvalue weighted by atomic mass is 10.3. The number of carbonyl (C=O) groups excluding carboxylic acids is 1. The Hall–Kier alpha value is -0.950. The van der Waals surface area contributed by atoms with Gasteiger partial charge in [-0.1, -0.05) is 0 Å². The van der Waals surface area contributed by atoms with Crippen LogP contribution in [0.25, 0.3) is 0 Å². The molecule has 0 saturated carbocycles. The van der Waals surface area contributed by atoms with Crippen LogP contribution in [0.4, 0.5) is 0 Å². The molecule has 0 saturated heterocycles. The van der Waals surface area contributed by atoms with Crippen molar-refractivity contribution in [1.82, 2.24) is 0 Å². The highest BCUT2D eigenvalue weighted by Crippen LogP contribution is 1.93. The lowest BCUT2D eigenvalue weighted by molar-refractivity contribution is -0.142. The van der Waals surface area contributed by atoms with Crippen molar-refractivity contribution in [3.05, 3.63) is 0 Å². The number of hydrogen-bond donors (Lipinski definition) is 1. The fourth-order valence-corrected chi connectivity index (χ4v) is 0.562. The van der Waals surface area contributed by atoms with Gasteiger partial charge in [-0.2, -0.15) is 0 Å². The Labute approximate surface area is 64.7 Å². The molecule has 1 unspecified atom stereocenters. The van der Waals surface area contributed by atoms with Gasteiger partial charge in [-0.3, -0.25) is 9.59 Å². The maximum absolute atomic E-state index is 10.3. The minimum atomic E-state index is -2.90. The summed E-state index contributed by atoms with van der Waals surface area (Å²) in [5.41, 5.74) is 0. The molecular weight excluding hydrogens is 176 g/mol. The Balaban J connectivity index is 3.53. The van der Waals surface area contributed by atoms with Crippen molar-refractivity contribution in [3.8, 4) is 0 Å². The van der Waals surface area contributed by atoms with Crippen molar-refractivity contribution in [2.24, 2.45) is 0 Å². The predicted molar refractivity (Wildman–Crippen MR) is 31.9 cm³/mol. The zero-order valence-electron chi connectivity index (χ0n) is 5.31. The molecule has 0 fully saturated rings. The summed E-state index contributed by atoms with van der Waals surface area (Å²) in [4.78, 5) is 20.1. The molecule has 0 aromatic heterocycles. The summed E-state index contributed by atoms with van der Waals surface area (Å²) in [5.74, 6) is -2.25. The molecule has 0 aliphatic carbocycles. The van der Waals surface area contributed by atoms with Crippen LogP contribution in [0, 0.1) is 0 Å². The smallest absolute Gasteiger partial charge is 0.319 e. The van der Waals surface area contributed by atoms with Crippen LogP contribution in [0.15, 0.2) is 0 Å². The third-order valence-corrected chi connectivity index (χ3v) is 1.03. The van der Waals surface area contributed by atoms with Crippen molar-refractivity contribution in [1.29, 1.82) is 0 Å². The van der Waals surface area contributed by atoms with Gasteiger partial charge in [0.1, 0.15) is 11.4 Å². The van der Waals surface area contributed by atoms with Gasteiger partial charge >= 0.3 is 11.9 Å². The van der Waals surface area contributed by atoms with Crippen molar-refractivity contribution in [2.75, 3.05) is 0 Å². The van der Waals surface area contributed by atoms with E-state index in [1.54, 1.807) is 0 Å². The molecule has 0 spiro atoms. The SMILES string of the molecule is O=C(O)CCC(=O)OS(=O)[O-]. The van der Waals surface area contributed by atoms with Gasteiger partial charge in [0.2, 0.25) is 0 Å². The van der Waals surface area contributed by atoms with Crippen LogP contribution in [0.2, 0.25) is 0 Å². The third kappa shape index (κ3) is 6.94. The van der Waals surface area contributed by atoms with Crippen molar-refractivity contribution >= 4 is 23.3 Å². The molecule has 1 N–H and O–H groups in total. The molecule has 0 aromatic carbocycles. The van der Waals surface area contributed by atoms with Crippen LogP contribution in [0.3, 0.4) is 0 Å². The molecular formula is C4H5O6S-. The number of hydrogen-bond acceptors (Lipinski definition) is 5. The Morgan fingerprint density at radius 2 is 2.00 bits per heavy atom. The van der Waals surface area contributed by atoms with Gasteiger partial charge in [0, 0.05) is 0 Å². The minimum Gasteiger partial charge on any atom is -0.740 e. The van der Waals surface area contributed by atoms with Gasteiger partial charge in [0.15, 0.2) is 0 Å². The van der Waals surface area contributed by atoms with E-state index in [0.29, 0.717) is 0 Å². The molecule has 0 aliphatic rings. The van der Waals surface area contributed by atoms with E-state index in [9.17, 15) is 18.4 Å². The van der Waals surface area contributed by atoms with Gasteiger partial charge < -0.3 is 13.8 Å². The number of carboxylic acids is 1. The first-order valence-corrected chi connectivity index (χ1v) is 3.54. The monoisotopic (exact) mass is 181 g/mol. The van der Waals surface area contributed by atoms with Crippen molar-refractivity contribution in [3.63, 3.8) is 0 Å². The van der Waals surface area contributed by atoms with Crippen LogP contribution in [-0.4, -0.2) is 25.8 Å². The standard InChI is InChI=1S/C4H6O6S/c5-3(6)1-2-4(7)10-11(8)9/h1-2H2,(H,5,6)(H,8,9)/p-1. The van der Waals surface area contributed by atoms with E-state index in [1.165, 1.54) is 0 Å². The lowest BCUT2D eigenvalue weighted by Crippen LogP contribution is -2.08. The van der Waals surface area contributed by atoms with Crippen LogP contribution in [-0.2, 0) is 25.1 Å². The average molecular weight is 181 g/mol. The molecule has 0 amide bonds. The van der Waals surface area contributed by atoms with E-state index < -0.39 is 36.1 Å². The molecule has 6 nitrogen and oxygen atoms in total. The van der Waals surface area contributed by atoms with Gasteiger partial charge in [-0.15, -0.1) is 0 Å². The summed E-state index contributed by atoms with van der Waals surface area (Å²) in [5, 5.41) is 8.03. The first-order chi connectivity index (χ1) is 5.02. The van der Waals surface area contributed by atoms with E-state index in [2.05, 4.69) is 4.18 Å². The van der Waals surface area contributed by atoms with Crippen molar-refractivity contribution < 1.29 is 27.6 Å². The lowest BCUT2D eigenvalue weighted by Gasteiger charge is -2.03. The van der Waals surface area contributed by atoms with Gasteiger partial charge in [0.05, 0.1) is 12.8 Å². The van der Waals surface area contributed by atoms with Crippen LogP contribution in [0.1, 0.15) is 12.8 Å². The Morgan fingerprint density at radius 3 is 2.36 bits per heavy atom. The Bertz CT molecular complexity index is 187. The normalized spacial score (nSPS) is 12.1. The quantitative estimate of drug-likeness (QED) is 0.568. The van der Waals surface area contributed by atoms with Gasteiger partial charge in [-0.25, -0.2) is 4.21 Å². The summed E-state index contributed by atoms with van der Waals surface area (Å²) in [6.45, 7) is 0. The summed E-state index contributed by atoms with van der Waals surface area (Å²) in [6.07, 6.45) is -0.876. The Morgan fingerprint density at radius 1 is 1.45 bits per heavy atom. The molecule has 0 heterocycles. The van der Waals surface area contributed by atoms with Crippen LogP contribution >= 0.6 is 0 Å². The highest BCUT2D eigenvalue weighted by molar-refractivity contribution is 7.74. The zero-order chi connectivity index (χ0) is 8.85. The van der Waals surface area contributed by atoms with Gasteiger partial charge in [-0.05, 0) is 0 Å². The average Bonchev–Trinajstić information content (AvgIpc) is 1.82. The summed E-state index contributed by atoms with van der Waals surface area (Å²) >= 11 is -2.90. The highest BCUT2D eigenvalue weighted by atomic mass is 32.2. The molecule has 64 valence electrons. The first-order valence-electron chi connectivity index (χ1n) is 2.54. The third-order valence-electron chi connectivity index (χ3n) is 0.704. The second-order valence-electron chi connectivity index (χ2n) is 1.55. The van der Waals surface area contributed by atoms with E-state index in [0.717, 1.165) is 0 Å². The number of carboxylic acid groups (broad SMARTS) is 1. The fourth-order valence-electron chi connectivity index (χ4n) is 0.327. The summed E-state index contributed by atoms with van der Waals surface area (Å²) in [7, 11) is 0. The predicted octanol–water partition coefficient (Wildman–Crippen LogP) is -0.811. The van der Waals surface area contributed by atoms with Crippen LogP contribution < -0.4 is 0 Å². The first kappa shape index (κ1) is 10.0. The Kier molecular flexibility index (Phi) is 4.39. The number of aliphatic carboxylic acids is 1. The molecule has 7 heteroatoms. The molecule has 0 bridgehead atoms. The second-order valence-corrected chi connectivity index (χ2v) is 2.13. The molecule has 0 aliphatic heterocycles. The largest absolute Gasteiger partial charge is 0.740 e.